The molecule has 15 heavy (non-hydrogen) atoms. The molecule has 0 aromatic carbocycles. The molecule has 0 saturated heterocycles. The SMILES string of the molecule is C#CCNC(=O)CCNCc1ccn[nH]1. The highest BCUT2D eigenvalue weighted by atomic mass is 16.1. The first-order valence-electron chi connectivity index (χ1n) is 4.72. The van der Waals surface area contributed by atoms with Gasteiger partial charge in [0.25, 0.3) is 0 Å². The third-order valence-corrected chi connectivity index (χ3v) is 1.79. The maximum absolute atomic E-state index is 11.1. The number of carbonyl (C=O) groups is 1. The van der Waals surface area contributed by atoms with Crippen LogP contribution in [0.25, 0.3) is 0 Å². The van der Waals surface area contributed by atoms with Gasteiger partial charge in [0, 0.05) is 31.4 Å². The van der Waals surface area contributed by atoms with Crippen LogP contribution in [0.5, 0.6) is 0 Å². The van der Waals surface area contributed by atoms with Crippen LogP contribution in [0.2, 0.25) is 0 Å². The molecule has 0 bridgehead atoms. The van der Waals surface area contributed by atoms with Crippen molar-refractivity contribution in [2.75, 3.05) is 13.1 Å². The van der Waals surface area contributed by atoms with Crippen molar-refractivity contribution < 1.29 is 4.79 Å². The number of nitrogens with zero attached hydrogens (tertiary/aromatic N) is 1. The van der Waals surface area contributed by atoms with Crippen LogP contribution in [0.3, 0.4) is 0 Å². The van der Waals surface area contributed by atoms with Crippen LogP contribution in [0.15, 0.2) is 12.3 Å². The van der Waals surface area contributed by atoms with Gasteiger partial charge in [0.15, 0.2) is 0 Å². The summed E-state index contributed by atoms with van der Waals surface area (Å²) in [6.07, 6.45) is 7.12. The average Bonchev–Trinajstić information content (AvgIpc) is 2.74. The summed E-state index contributed by atoms with van der Waals surface area (Å²) in [4.78, 5) is 11.1. The fourth-order valence-electron chi connectivity index (χ4n) is 1.05. The van der Waals surface area contributed by atoms with Gasteiger partial charge in [-0.3, -0.25) is 9.89 Å². The summed E-state index contributed by atoms with van der Waals surface area (Å²) >= 11 is 0. The third kappa shape index (κ3) is 4.84. The minimum atomic E-state index is -0.0370. The summed E-state index contributed by atoms with van der Waals surface area (Å²) in [5.74, 6) is 2.31. The first-order valence-corrected chi connectivity index (χ1v) is 4.72. The highest BCUT2D eigenvalue weighted by Gasteiger charge is 1.98. The number of H-pyrrole nitrogens is 1. The molecule has 0 aliphatic carbocycles. The summed E-state index contributed by atoms with van der Waals surface area (Å²) in [6, 6.07) is 1.88. The molecule has 1 rings (SSSR count). The Labute approximate surface area is 88.6 Å². The molecule has 0 unspecified atom stereocenters. The number of carbonyl (C=O) groups excluding carboxylic acids is 1. The summed E-state index contributed by atoms with van der Waals surface area (Å²) in [5, 5.41) is 12.3. The van der Waals surface area contributed by atoms with E-state index >= 15 is 0 Å². The van der Waals surface area contributed by atoms with E-state index < -0.39 is 0 Å². The fraction of sp³-hybridized carbons (Fsp3) is 0.400. The molecular formula is C10H14N4O. The lowest BCUT2D eigenvalue weighted by molar-refractivity contribution is -0.120. The fourth-order valence-corrected chi connectivity index (χ4v) is 1.05. The summed E-state index contributed by atoms with van der Waals surface area (Å²) in [6.45, 7) is 1.59. The van der Waals surface area contributed by atoms with Crippen molar-refractivity contribution in [1.82, 2.24) is 20.8 Å². The van der Waals surface area contributed by atoms with Crippen LogP contribution in [-0.2, 0) is 11.3 Å². The van der Waals surface area contributed by atoms with Crippen molar-refractivity contribution >= 4 is 5.91 Å². The van der Waals surface area contributed by atoms with Crippen molar-refractivity contribution in [2.45, 2.75) is 13.0 Å². The van der Waals surface area contributed by atoms with Gasteiger partial charge in [0.2, 0.25) is 5.91 Å². The molecule has 1 heterocycles. The number of rotatable bonds is 6. The number of nitrogens with one attached hydrogen (secondary N) is 3. The second kappa shape index (κ2) is 6.62. The maximum Gasteiger partial charge on any atom is 0.222 e. The molecule has 5 nitrogen and oxygen atoms in total. The molecule has 0 fully saturated rings. The van der Waals surface area contributed by atoms with Crippen molar-refractivity contribution in [3.8, 4) is 12.3 Å². The molecule has 0 atom stereocenters. The van der Waals surface area contributed by atoms with Crippen LogP contribution in [-0.4, -0.2) is 29.2 Å². The van der Waals surface area contributed by atoms with Gasteiger partial charge in [-0.1, -0.05) is 5.92 Å². The molecule has 0 aliphatic heterocycles. The zero-order valence-electron chi connectivity index (χ0n) is 8.42. The zero-order chi connectivity index (χ0) is 10.9. The lowest BCUT2D eigenvalue weighted by Gasteiger charge is -2.02. The summed E-state index contributed by atoms with van der Waals surface area (Å²) in [7, 11) is 0. The summed E-state index contributed by atoms with van der Waals surface area (Å²) in [5.41, 5.74) is 0.999. The van der Waals surface area contributed by atoms with Crippen LogP contribution < -0.4 is 10.6 Å². The van der Waals surface area contributed by atoms with Gasteiger partial charge in [-0.15, -0.1) is 6.42 Å². The zero-order valence-corrected chi connectivity index (χ0v) is 8.42. The second-order valence-electron chi connectivity index (χ2n) is 2.99. The van der Waals surface area contributed by atoms with E-state index in [2.05, 4.69) is 26.8 Å². The number of aromatic amines is 1. The van der Waals surface area contributed by atoms with Gasteiger partial charge in [0.1, 0.15) is 0 Å². The Bertz CT molecular complexity index is 326. The molecule has 0 spiro atoms. The Morgan fingerprint density at radius 3 is 3.20 bits per heavy atom. The van der Waals surface area contributed by atoms with Crippen LogP contribution >= 0.6 is 0 Å². The Kier molecular flexibility index (Phi) is 4.98. The predicted octanol–water partition coefficient (Wildman–Crippen LogP) is -0.361. The van der Waals surface area contributed by atoms with E-state index in [1.54, 1.807) is 6.20 Å². The Morgan fingerprint density at radius 2 is 2.53 bits per heavy atom. The quantitative estimate of drug-likeness (QED) is 0.439. The van der Waals surface area contributed by atoms with Gasteiger partial charge in [0.05, 0.1) is 6.54 Å². The second-order valence-corrected chi connectivity index (χ2v) is 2.99. The van der Waals surface area contributed by atoms with E-state index in [0.717, 1.165) is 5.69 Å². The lowest BCUT2D eigenvalue weighted by atomic mass is 10.3. The van der Waals surface area contributed by atoms with E-state index in [1.165, 1.54) is 0 Å². The van der Waals surface area contributed by atoms with E-state index in [9.17, 15) is 4.79 Å². The van der Waals surface area contributed by atoms with Gasteiger partial charge < -0.3 is 10.6 Å². The Hall–Kier alpha value is -1.80. The number of aromatic nitrogens is 2. The molecule has 1 aromatic rings. The molecule has 1 aromatic heterocycles. The first kappa shape index (κ1) is 11.3. The lowest BCUT2D eigenvalue weighted by Crippen LogP contribution is -2.27. The average molecular weight is 206 g/mol. The maximum atomic E-state index is 11.1. The van der Waals surface area contributed by atoms with E-state index in [4.69, 9.17) is 6.42 Å². The minimum Gasteiger partial charge on any atom is -0.345 e. The summed E-state index contributed by atoms with van der Waals surface area (Å²) < 4.78 is 0. The third-order valence-electron chi connectivity index (χ3n) is 1.79. The molecule has 3 N–H and O–H groups in total. The monoisotopic (exact) mass is 206 g/mol. The minimum absolute atomic E-state index is 0.0370. The van der Waals surface area contributed by atoms with Crippen molar-refractivity contribution in [3.05, 3.63) is 18.0 Å². The van der Waals surface area contributed by atoms with Crippen molar-refractivity contribution in [2.24, 2.45) is 0 Å². The standard InChI is InChI=1S/C10H14N4O/c1-2-5-12-10(15)4-6-11-8-9-3-7-13-14-9/h1,3,7,11H,4-6,8H2,(H,12,15)(H,13,14). The van der Waals surface area contributed by atoms with E-state index in [-0.39, 0.29) is 5.91 Å². The molecule has 1 amide bonds. The van der Waals surface area contributed by atoms with E-state index in [1.807, 2.05) is 6.07 Å². The number of hydrogen-bond donors (Lipinski definition) is 3. The predicted molar refractivity (Wildman–Crippen MR) is 56.8 cm³/mol. The molecule has 0 radical (unpaired) electrons. The van der Waals surface area contributed by atoms with Crippen molar-refractivity contribution in [1.29, 1.82) is 0 Å². The Morgan fingerprint density at radius 1 is 1.67 bits per heavy atom. The number of hydrogen-bond acceptors (Lipinski definition) is 3. The van der Waals surface area contributed by atoms with Gasteiger partial charge in [-0.25, -0.2) is 0 Å². The molecule has 0 aliphatic rings. The van der Waals surface area contributed by atoms with E-state index in [0.29, 0.717) is 26.1 Å². The van der Waals surface area contributed by atoms with Gasteiger partial charge in [-0.2, -0.15) is 5.10 Å². The number of terminal acetylenes is 1. The normalized spacial score (nSPS) is 9.53. The van der Waals surface area contributed by atoms with Crippen LogP contribution in [0, 0.1) is 12.3 Å². The topological polar surface area (TPSA) is 69.8 Å². The first-order chi connectivity index (χ1) is 7.33. The smallest absolute Gasteiger partial charge is 0.222 e. The van der Waals surface area contributed by atoms with Crippen LogP contribution in [0.1, 0.15) is 12.1 Å². The highest BCUT2D eigenvalue weighted by molar-refractivity contribution is 5.76. The Balaban J connectivity index is 2.02. The number of amides is 1. The molecular weight excluding hydrogens is 192 g/mol. The highest BCUT2D eigenvalue weighted by Crippen LogP contribution is 1.89. The largest absolute Gasteiger partial charge is 0.345 e. The van der Waals surface area contributed by atoms with Crippen molar-refractivity contribution in [3.63, 3.8) is 0 Å². The molecule has 80 valence electrons. The van der Waals surface area contributed by atoms with Gasteiger partial charge in [-0.05, 0) is 6.07 Å². The molecule has 5 heteroatoms. The van der Waals surface area contributed by atoms with Gasteiger partial charge >= 0.3 is 0 Å². The van der Waals surface area contributed by atoms with Crippen LogP contribution in [0.4, 0.5) is 0 Å². The molecule has 0 saturated carbocycles.